The van der Waals surface area contributed by atoms with Crippen molar-refractivity contribution in [3.63, 3.8) is 0 Å². The van der Waals surface area contributed by atoms with E-state index in [0.717, 1.165) is 37.9 Å². The van der Waals surface area contributed by atoms with Gasteiger partial charge in [0.2, 0.25) is 0 Å². The van der Waals surface area contributed by atoms with Crippen molar-refractivity contribution < 1.29 is 23.7 Å². The lowest BCUT2D eigenvalue weighted by Crippen LogP contribution is -2.36. The highest BCUT2D eigenvalue weighted by molar-refractivity contribution is 5.70. The van der Waals surface area contributed by atoms with E-state index in [1.165, 1.54) is 7.11 Å². The van der Waals surface area contributed by atoms with Crippen molar-refractivity contribution in [2.24, 2.45) is 5.92 Å². The van der Waals surface area contributed by atoms with Gasteiger partial charge in [0.1, 0.15) is 12.7 Å². The molecule has 0 radical (unpaired) electrons. The first-order chi connectivity index (χ1) is 11.6. The number of carbonyl (C=O) groups is 1. The molecule has 1 heterocycles. The zero-order valence-corrected chi connectivity index (χ0v) is 15.5. The van der Waals surface area contributed by atoms with Gasteiger partial charge in [0, 0.05) is 19.6 Å². The fraction of sp³-hybridized carbons (Fsp3) is 0.737. The van der Waals surface area contributed by atoms with Crippen LogP contribution in [-0.4, -0.2) is 52.2 Å². The first kappa shape index (κ1) is 20.9. The van der Waals surface area contributed by atoms with Crippen LogP contribution in [0.3, 0.4) is 0 Å². The van der Waals surface area contributed by atoms with Crippen molar-refractivity contribution >= 4 is 5.97 Å². The monoisotopic (exact) mass is 340 g/mol. The third kappa shape index (κ3) is 8.08. The number of hydrogen-bond acceptors (Lipinski definition) is 5. The van der Waals surface area contributed by atoms with Crippen LogP contribution in [0.1, 0.15) is 39.5 Å². The summed E-state index contributed by atoms with van der Waals surface area (Å²) in [5.41, 5.74) is 1.16. The molecule has 0 bridgehead atoms. The van der Waals surface area contributed by atoms with E-state index in [2.05, 4.69) is 30.7 Å². The topological polar surface area (TPSA) is 54.0 Å². The van der Waals surface area contributed by atoms with E-state index in [9.17, 15) is 4.79 Å². The summed E-state index contributed by atoms with van der Waals surface area (Å²) in [7, 11) is 3.02. The molecule has 0 aromatic rings. The highest BCUT2D eigenvalue weighted by Crippen LogP contribution is 2.19. The maximum atomic E-state index is 11.4. The third-order valence-corrected chi connectivity index (χ3v) is 4.10. The van der Waals surface area contributed by atoms with E-state index >= 15 is 0 Å². The minimum absolute atomic E-state index is 0.0794. The molecule has 0 aliphatic carbocycles. The molecule has 0 aromatic heterocycles. The standard InChI is InChI=1S/C19H32O5/c1-15-12-16(2)19(24-14-18(20)22-4)17(21-3)10-8-6-5-7-9-11-23-13-15/h8,10,12,16-17,19H,5-7,9,11,13-14H2,1-4H3. The van der Waals surface area contributed by atoms with Gasteiger partial charge in [0.15, 0.2) is 0 Å². The minimum atomic E-state index is -0.385. The van der Waals surface area contributed by atoms with E-state index in [0.29, 0.717) is 6.61 Å². The minimum Gasteiger partial charge on any atom is -0.467 e. The Morgan fingerprint density at radius 1 is 1.29 bits per heavy atom. The smallest absolute Gasteiger partial charge is 0.331 e. The largest absolute Gasteiger partial charge is 0.467 e. The Morgan fingerprint density at radius 2 is 2.08 bits per heavy atom. The summed E-state index contributed by atoms with van der Waals surface area (Å²) in [6.07, 6.45) is 10.2. The van der Waals surface area contributed by atoms with Gasteiger partial charge in [-0.05, 0) is 26.2 Å². The van der Waals surface area contributed by atoms with Crippen LogP contribution in [0.4, 0.5) is 0 Å². The molecule has 1 rings (SSSR count). The van der Waals surface area contributed by atoms with Crippen molar-refractivity contribution in [2.45, 2.75) is 51.7 Å². The SMILES string of the molecule is COC(=O)COC1C(C)C=C(C)COCCCCCC=CC1OC. The van der Waals surface area contributed by atoms with Crippen molar-refractivity contribution in [2.75, 3.05) is 34.0 Å². The Balaban J connectivity index is 2.89. The van der Waals surface area contributed by atoms with Crippen LogP contribution in [0, 0.1) is 5.92 Å². The lowest BCUT2D eigenvalue weighted by molar-refractivity contribution is -0.151. The molecular formula is C19H32O5. The number of methoxy groups -OCH3 is 2. The Labute approximate surface area is 146 Å². The van der Waals surface area contributed by atoms with Gasteiger partial charge in [-0.2, -0.15) is 0 Å². The molecule has 0 amide bonds. The zero-order valence-electron chi connectivity index (χ0n) is 15.5. The maximum Gasteiger partial charge on any atom is 0.331 e. The molecule has 1 aliphatic rings. The second-order valence-electron chi connectivity index (χ2n) is 6.25. The highest BCUT2D eigenvalue weighted by atomic mass is 16.6. The van der Waals surface area contributed by atoms with Crippen molar-refractivity contribution in [3.05, 3.63) is 23.8 Å². The molecule has 5 heteroatoms. The molecule has 3 atom stereocenters. The second kappa shape index (κ2) is 12.2. The molecule has 0 spiro atoms. The Bertz CT molecular complexity index is 416. The summed E-state index contributed by atoms with van der Waals surface area (Å²) < 4.78 is 21.8. The average molecular weight is 340 g/mol. The molecule has 1 aliphatic heterocycles. The number of carbonyl (C=O) groups excluding carboxylic acids is 1. The number of ether oxygens (including phenoxy) is 4. The predicted octanol–water partition coefficient (Wildman–Crippen LogP) is 3.29. The Kier molecular flexibility index (Phi) is 10.6. The molecule has 5 nitrogen and oxygen atoms in total. The zero-order chi connectivity index (χ0) is 17.8. The number of rotatable bonds is 4. The van der Waals surface area contributed by atoms with E-state index in [-0.39, 0.29) is 30.7 Å². The lowest BCUT2D eigenvalue weighted by Gasteiger charge is -2.28. The fourth-order valence-electron chi connectivity index (χ4n) is 2.79. The number of esters is 1. The molecule has 0 N–H and O–H groups in total. The molecule has 24 heavy (non-hydrogen) atoms. The lowest BCUT2D eigenvalue weighted by atomic mass is 9.96. The van der Waals surface area contributed by atoms with Gasteiger partial charge in [-0.25, -0.2) is 4.79 Å². The highest BCUT2D eigenvalue weighted by Gasteiger charge is 2.26. The summed E-state index contributed by atoms with van der Waals surface area (Å²) in [6, 6.07) is 0. The van der Waals surface area contributed by atoms with Gasteiger partial charge >= 0.3 is 5.97 Å². The van der Waals surface area contributed by atoms with E-state index in [4.69, 9.17) is 14.2 Å². The summed E-state index contributed by atoms with van der Waals surface area (Å²) in [5.74, 6) is -0.305. The molecule has 0 saturated carbocycles. The normalized spacial score (nSPS) is 27.2. The summed E-state index contributed by atoms with van der Waals surface area (Å²) in [5, 5.41) is 0. The van der Waals surface area contributed by atoms with Gasteiger partial charge < -0.3 is 18.9 Å². The molecular weight excluding hydrogens is 308 g/mol. The van der Waals surface area contributed by atoms with Crippen molar-refractivity contribution in [3.8, 4) is 0 Å². The first-order valence-corrected chi connectivity index (χ1v) is 8.71. The fourth-order valence-corrected chi connectivity index (χ4v) is 2.79. The number of hydrogen-bond donors (Lipinski definition) is 0. The van der Waals surface area contributed by atoms with Crippen LogP contribution in [-0.2, 0) is 23.7 Å². The van der Waals surface area contributed by atoms with Crippen molar-refractivity contribution in [1.82, 2.24) is 0 Å². The van der Waals surface area contributed by atoms with Gasteiger partial charge in [-0.1, -0.05) is 37.1 Å². The van der Waals surface area contributed by atoms with E-state index in [1.807, 2.05) is 6.08 Å². The molecule has 138 valence electrons. The second-order valence-corrected chi connectivity index (χ2v) is 6.25. The van der Waals surface area contributed by atoms with Crippen LogP contribution >= 0.6 is 0 Å². The Morgan fingerprint density at radius 3 is 2.79 bits per heavy atom. The van der Waals surface area contributed by atoms with E-state index < -0.39 is 0 Å². The van der Waals surface area contributed by atoms with Crippen LogP contribution < -0.4 is 0 Å². The molecule has 0 aromatic carbocycles. The number of allylic oxidation sites excluding steroid dienone is 1. The molecule has 0 fully saturated rings. The van der Waals surface area contributed by atoms with Crippen LogP contribution in [0.2, 0.25) is 0 Å². The molecule has 3 unspecified atom stereocenters. The summed E-state index contributed by atoms with van der Waals surface area (Å²) >= 11 is 0. The summed E-state index contributed by atoms with van der Waals surface area (Å²) in [6.45, 7) is 5.46. The Hall–Kier alpha value is -1.17. The van der Waals surface area contributed by atoms with Gasteiger partial charge in [-0.15, -0.1) is 0 Å². The predicted molar refractivity (Wildman–Crippen MR) is 93.9 cm³/mol. The van der Waals surface area contributed by atoms with Crippen molar-refractivity contribution in [1.29, 1.82) is 0 Å². The first-order valence-electron chi connectivity index (χ1n) is 8.71. The third-order valence-electron chi connectivity index (χ3n) is 4.10. The van der Waals surface area contributed by atoms with Crippen LogP contribution in [0.15, 0.2) is 23.8 Å². The summed E-state index contributed by atoms with van der Waals surface area (Å²) in [4.78, 5) is 11.4. The van der Waals surface area contributed by atoms with Gasteiger partial charge in [0.05, 0.1) is 19.8 Å². The van der Waals surface area contributed by atoms with Gasteiger partial charge in [-0.3, -0.25) is 0 Å². The van der Waals surface area contributed by atoms with E-state index in [1.54, 1.807) is 7.11 Å². The quantitative estimate of drug-likeness (QED) is 0.581. The molecule has 0 saturated heterocycles. The maximum absolute atomic E-state index is 11.4. The van der Waals surface area contributed by atoms with Crippen LogP contribution in [0.5, 0.6) is 0 Å². The average Bonchev–Trinajstić information content (AvgIpc) is 2.57. The van der Waals surface area contributed by atoms with Gasteiger partial charge in [0.25, 0.3) is 0 Å². The van der Waals surface area contributed by atoms with Crippen LogP contribution in [0.25, 0.3) is 0 Å².